The number of unbranched alkanes of at least 4 members (excludes halogenated alkanes) is 1. The van der Waals surface area contributed by atoms with Crippen LogP contribution in [0.3, 0.4) is 0 Å². The molecule has 10 heteroatoms. The molecular weight excluding hydrogens is 570 g/mol. The van der Waals surface area contributed by atoms with Gasteiger partial charge in [0.25, 0.3) is 11.8 Å². The minimum Gasteiger partial charge on any atom is -0.493 e. The molecule has 0 aliphatic carbocycles. The molecular formula is C28H32BrN3O5S. The minimum absolute atomic E-state index is 0.0416. The monoisotopic (exact) mass is 601 g/mol. The highest BCUT2D eigenvalue weighted by molar-refractivity contribution is 9.10. The summed E-state index contributed by atoms with van der Waals surface area (Å²) < 4.78 is 17.6. The van der Waals surface area contributed by atoms with E-state index < -0.39 is 0 Å². The first-order valence-corrected chi connectivity index (χ1v) is 14.3. The van der Waals surface area contributed by atoms with Crippen LogP contribution in [-0.4, -0.2) is 73.3 Å². The van der Waals surface area contributed by atoms with E-state index in [4.69, 9.17) is 19.2 Å². The fourth-order valence-electron chi connectivity index (χ4n) is 4.07. The molecule has 2 amide bonds. The zero-order valence-electron chi connectivity index (χ0n) is 21.9. The number of hydrogen-bond donors (Lipinski definition) is 0. The van der Waals surface area contributed by atoms with Gasteiger partial charge in [0.05, 0.1) is 42.0 Å². The van der Waals surface area contributed by atoms with Gasteiger partial charge in [-0.05, 0) is 83.0 Å². The number of nitrogens with zero attached hydrogens (tertiary/aromatic N) is 3. The maximum atomic E-state index is 13.2. The predicted molar refractivity (Wildman–Crippen MR) is 154 cm³/mol. The summed E-state index contributed by atoms with van der Waals surface area (Å²) in [4.78, 5) is 34.9. The number of methoxy groups -OCH3 is 1. The van der Waals surface area contributed by atoms with Crippen molar-refractivity contribution in [2.75, 3.05) is 46.6 Å². The average Bonchev–Trinajstić information content (AvgIpc) is 3.22. The third kappa shape index (κ3) is 6.59. The van der Waals surface area contributed by atoms with Crippen molar-refractivity contribution < 1.29 is 23.8 Å². The molecule has 8 nitrogen and oxygen atoms in total. The van der Waals surface area contributed by atoms with Gasteiger partial charge in [0.15, 0.2) is 16.7 Å². The van der Waals surface area contributed by atoms with Gasteiger partial charge in [-0.25, -0.2) is 4.99 Å². The number of amidine groups is 1. The van der Waals surface area contributed by atoms with E-state index in [2.05, 4.69) is 22.9 Å². The third-order valence-corrected chi connectivity index (χ3v) is 7.71. The van der Waals surface area contributed by atoms with E-state index in [0.717, 1.165) is 22.9 Å². The van der Waals surface area contributed by atoms with Gasteiger partial charge in [-0.15, -0.1) is 0 Å². The molecule has 38 heavy (non-hydrogen) atoms. The maximum Gasteiger partial charge on any atom is 0.266 e. The van der Waals surface area contributed by atoms with Gasteiger partial charge in [0.1, 0.15) is 0 Å². The number of halogens is 1. The topological polar surface area (TPSA) is 80.7 Å². The summed E-state index contributed by atoms with van der Waals surface area (Å²) in [6.45, 7) is 7.35. The van der Waals surface area contributed by atoms with Crippen LogP contribution < -0.4 is 9.47 Å². The number of amides is 2. The van der Waals surface area contributed by atoms with E-state index in [1.807, 2.05) is 37.3 Å². The molecule has 4 rings (SSSR count). The Balaban J connectivity index is 1.57. The minimum atomic E-state index is -0.116. The molecule has 0 aromatic heterocycles. The Hall–Kier alpha value is -2.82. The molecule has 0 saturated carbocycles. The smallest absolute Gasteiger partial charge is 0.266 e. The summed E-state index contributed by atoms with van der Waals surface area (Å²) in [5, 5.41) is 0.574. The molecule has 0 bridgehead atoms. The van der Waals surface area contributed by atoms with E-state index >= 15 is 0 Å². The lowest BCUT2D eigenvalue weighted by Crippen LogP contribution is -2.40. The number of hydrogen-bond acceptors (Lipinski definition) is 7. The molecule has 0 radical (unpaired) electrons. The second-order valence-electron chi connectivity index (χ2n) is 8.75. The predicted octanol–water partition coefficient (Wildman–Crippen LogP) is 5.73. The van der Waals surface area contributed by atoms with Crippen molar-refractivity contribution in [2.24, 2.45) is 4.99 Å². The molecule has 2 saturated heterocycles. The summed E-state index contributed by atoms with van der Waals surface area (Å²) in [5.74, 6) is 1.09. The van der Waals surface area contributed by atoms with Crippen molar-refractivity contribution in [3.05, 3.63) is 56.9 Å². The molecule has 0 N–H and O–H groups in total. The van der Waals surface area contributed by atoms with Crippen LogP contribution in [0.25, 0.3) is 6.08 Å². The largest absolute Gasteiger partial charge is 0.493 e. The van der Waals surface area contributed by atoms with E-state index in [1.54, 1.807) is 29.0 Å². The van der Waals surface area contributed by atoms with E-state index in [0.29, 0.717) is 72.3 Å². The Kier molecular flexibility index (Phi) is 9.87. The lowest BCUT2D eigenvalue weighted by molar-refractivity contribution is -0.122. The average molecular weight is 603 g/mol. The van der Waals surface area contributed by atoms with Crippen molar-refractivity contribution in [1.82, 2.24) is 9.80 Å². The standard InChI is InChI=1S/C28H32BrN3O5S/c1-4-6-12-37-25-22(29)15-19(16-23(25)35-3)17-24-27(34)32(5-2)28(38-24)30-21-9-7-8-20(18-21)26(33)31-10-13-36-14-11-31/h7-9,15-18H,4-6,10-14H2,1-3H3/b24-17+,30-28?. The number of morpholine rings is 1. The number of ether oxygens (including phenoxy) is 3. The summed E-state index contributed by atoms with van der Waals surface area (Å²) in [6.07, 6.45) is 3.82. The number of benzene rings is 2. The Bertz CT molecular complexity index is 1240. The molecule has 0 spiro atoms. The van der Waals surface area contributed by atoms with E-state index in [1.165, 1.54) is 11.8 Å². The molecule has 2 aliphatic heterocycles. The van der Waals surface area contributed by atoms with Crippen molar-refractivity contribution in [1.29, 1.82) is 0 Å². The van der Waals surface area contributed by atoms with Crippen LogP contribution >= 0.6 is 27.7 Å². The second kappa shape index (κ2) is 13.3. The Morgan fingerprint density at radius 1 is 1.21 bits per heavy atom. The van der Waals surface area contributed by atoms with E-state index in [9.17, 15) is 9.59 Å². The number of thioether (sulfide) groups is 1. The Morgan fingerprint density at radius 3 is 2.71 bits per heavy atom. The number of carbonyl (C=O) groups is 2. The summed E-state index contributed by atoms with van der Waals surface area (Å²) in [6, 6.07) is 11.0. The number of carbonyl (C=O) groups excluding carboxylic acids is 2. The maximum absolute atomic E-state index is 13.2. The first kappa shape index (κ1) is 28.2. The van der Waals surface area contributed by atoms with Crippen LogP contribution in [0.5, 0.6) is 11.5 Å². The molecule has 2 aromatic rings. The summed E-state index contributed by atoms with van der Waals surface area (Å²) in [7, 11) is 1.60. The summed E-state index contributed by atoms with van der Waals surface area (Å²) >= 11 is 4.90. The van der Waals surface area contributed by atoms with Gasteiger partial charge in [0, 0.05) is 25.2 Å². The molecule has 2 fully saturated rings. The van der Waals surface area contributed by atoms with Gasteiger partial charge in [0.2, 0.25) is 0 Å². The molecule has 2 aromatic carbocycles. The zero-order chi connectivity index (χ0) is 27.1. The van der Waals surface area contributed by atoms with E-state index in [-0.39, 0.29) is 11.8 Å². The van der Waals surface area contributed by atoms with Gasteiger partial charge < -0.3 is 19.1 Å². The van der Waals surface area contributed by atoms with Crippen molar-refractivity contribution in [3.8, 4) is 11.5 Å². The lowest BCUT2D eigenvalue weighted by Gasteiger charge is -2.26. The highest BCUT2D eigenvalue weighted by atomic mass is 79.9. The summed E-state index contributed by atoms with van der Waals surface area (Å²) in [5.41, 5.74) is 2.00. The Labute approximate surface area is 236 Å². The fourth-order valence-corrected chi connectivity index (χ4v) is 5.71. The number of likely N-dealkylation sites (N-methyl/N-ethyl adjacent to an activating group) is 1. The second-order valence-corrected chi connectivity index (χ2v) is 10.6. The molecule has 0 unspecified atom stereocenters. The van der Waals surface area contributed by atoms with Crippen LogP contribution in [0.1, 0.15) is 42.6 Å². The SMILES string of the molecule is CCCCOc1c(Br)cc(/C=C2/SC(=Nc3cccc(C(=O)N4CCOCC4)c3)N(CC)C2=O)cc1OC. The molecule has 2 heterocycles. The van der Waals surface area contributed by atoms with Gasteiger partial charge in [-0.1, -0.05) is 19.4 Å². The zero-order valence-corrected chi connectivity index (χ0v) is 24.3. The quantitative estimate of drug-likeness (QED) is 0.269. The first-order chi connectivity index (χ1) is 18.4. The highest BCUT2D eigenvalue weighted by Crippen LogP contribution is 2.39. The van der Waals surface area contributed by atoms with Crippen LogP contribution in [0, 0.1) is 0 Å². The van der Waals surface area contributed by atoms with Gasteiger partial charge >= 0.3 is 0 Å². The normalized spacial score (nSPS) is 17.9. The van der Waals surface area contributed by atoms with Gasteiger partial charge in [-0.3, -0.25) is 14.5 Å². The van der Waals surface area contributed by atoms with Crippen molar-refractivity contribution in [3.63, 3.8) is 0 Å². The van der Waals surface area contributed by atoms with Gasteiger partial charge in [-0.2, -0.15) is 0 Å². The molecule has 202 valence electrons. The van der Waals surface area contributed by atoms with Crippen LogP contribution in [-0.2, 0) is 9.53 Å². The third-order valence-electron chi connectivity index (χ3n) is 6.11. The molecule has 2 aliphatic rings. The highest BCUT2D eigenvalue weighted by Gasteiger charge is 2.32. The Morgan fingerprint density at radius 2 is 2.00 bits per heavy atom. The van der Waals surface area contributed by atoms with Crippen molar-refractivity contribution >= 4 is 56.4 Å². The van der Waals surface area contributed by atoms with Crippen molar-refractivity contribution in [2.45, 2.75) is 26.7 Å². The van der Waals surface area contributed by atoms with Crippen LogP contribution in [0.2, 0.25) is 0 Å². The molecule has 0 atom stereocenters. The number of rotatable bonds is 9. The number of aliphatic imine (C=N–C) groups is 1. The first-order valence-electron chi connectivity index (χ1n) is 12.7. The lowest BCUT2D eigenvalue weighted by atomic mass is 10.1. The van der Waals surface area contributed by atoms with Crippen LogP contribution in [0.15, 0.2) is 50.8 Å². The fraction of sp³-hybridized carbons (Fsp3) is 0.393. The van der Waals surface area contributed by atoms with Crippen LogP contribution in [0.4, 0.5) is 5.69 Å².